The van der Waals surface area contributed by atoms with Crippen molar-refractivity contribution in [1.82, 2.24) is 0 Å². The SMILES string of the molecule is Cc1ccc(N=Cc2cc(Br)cc(Br)c2OCc2ccc([N+](=O)[O-])cc2)c(C)c1. The molecule has 0 atom stereocenters. The van der Waals surface area contributed by atoms with Crippen LogP contribution in [0.4, 0.5) is 11.4 Å². The lowest BCUT2D eigenvalue weighted by Gasteiger charge is -2.12. The fourth-order valence-electron chi connectivity index (χ4n) is 2.79. The highest BCUT2D eigenvalue weighted by Gasteiger charge is 2.11. The Morgan fingerprint density at radius 2 is 1.79 bits per heavy atom. The minimum absolute atomic E-state index is 0.0554. The number of nitrogens with zero attached hydrogens (tertiary/aromatic N) is 2. The van der Waals surface area contributed by atoms with Gasteiger partial charge in [0.1, 0.15) is 12.4 Å². The molecule has 0 radical (unpaired) electrons. The average Bonchev–Trinajstić information content (AvgIpc) is 2.66. The van der Waals surface area contributed by atoms with Gasteiger partial charge in [0.05, 0.1) is 15.1 Å². The predicted octanol–water partition coefficient (Wildman–Crippen LogP) is 7.07. The van der Waals surface area contributed by atoms with Crippen LogP contribution in [0.1, 0.15) is 22.3 Å². The van der Waals surface area contributed by atoms with Crippen molar-refractivity contribution in [2.75, 3.05) is 0 Å². The van der Waals surface area contributed by atoms with Crippen LogP contribution >= 0.6 is 31.9 Å². The number of non-ortho nitro benzene ring substituents is 1. The molecule has 3 aromatic rings. The molecule has 0 saturated carbocycles. The minimum atomic E-state index is -0.419. The maximum atomic E-state index is 10.8. The first-order chi connectivity index (χ1) is 13.8. The molecule has 5 nitrogen and oxygen atoms in total. The zero-order valence-corrected chi connectivity index (χ0v) is 19.0. The zero-order valence-electron chi connectivity index (χ0n) is 15.9. The van der Waals surface area contributed by atoms with Crippen LogP contribution in [0, 0.1) is 24.0 Å². The maximum Gasteiger partial charge on any atom is 0.269 e. The van der Waals surface area contributed by atoms with Gasteiger partial charge >= 0.3 is 0 Å². The number of aliphatic imine (C=N–C) groups is 1. The molecule has 0 fully saturated rings. The third-order valence-corrected chi connectivity index (χ3v) is 5.31. The Labute approximate surface area is 185 Å². The van der Waals surface area contributed by atoms with E-state index in [0.29, 0.717) is 5.75 Å². The molecule has 0 spiro atoms. The fraction of sp³-hybridized carbons (Fsp3) is 0.136. The van der Waals surface area contributed by atoms with Gasteiger partial charge in [-0.15, -0.1) is 0 Å². The third-order valence-electron chi connectivity index (χ3n) is 4.26. The van der Waals surface area contributed by atoms with Gasteiger partial charge in [-0.3, -0.25) is 15.1 Å². The molecule has 0 unspecified atom stereocenters. The van der Waals surface area contributed by atoms with E-state index >= 15 is 0 Å². The summed E-state index contributed by atoms with van der Waals surface area (Å²) in [5.41, 5.74) is 4.89. The van der Waals surface area contributed by atoms with E-state index in [-0.39, 0.29) is 12.3 Å². The predicted molar refractivity (Wildman–Crippen MR) is 122 cm³/mol. The lowest BCUT2D eigenvalue weighted by atomic mass is 10.1. The van der Waals surface area contributed by atoms with E-state index < -0.39 is 4.92 Å². The highest BCUT2D eigenvalue weighted by Crippen LogP contribution is 2.33. The van der Waals surface area contributed by atoms with Crippen molar-refractivity contribution in [3.63, 3.8) is 0 Å². The van der Waals surface area contributed by atoms with Crippen molar-refractivity contribution < 1.29 is 9.66 Å². The normalized spacial score (nSPS) is 11.0. The molecule has 29 heavy (non-hydrogen) atoms. The second-order valence-corrected chi connectivity index (χ2v) is 8.34. The highest BCUT2D eigenvalue weighted by atomic mass is 79.9. The molecule has 7 heteroatoms. The Kier molecular flexibility index (Phi) is 6.82. The molecule has 0 aromatic heterocycles. The zero-order chi connectivity index (χ0) is 21.0. The summed E-state index contributed by atoms with van der Waals surface area (Å²) in [4.78, 5) is 15.0. The number of nitro groups is 1. The van der Waals surface area contributed by atoms with Gasteiger partial charge in [-0.1, -0.05) is 33.6 Å². The number of hydrogen-bond donors (Lipinski definition) is 0. The summed E-state index contributed by atoms with van der Waals surface area (Å²) in [6.07, 6.45) is 1.78. The average molecular weight is 518 g/mol. The summed E-state index contributed by atoms with van der Waals surface area (Å²) in [7, 11) is 0. The number of ether oxygens (including phenoxy) is 1. The maximum absolute atomic E-state index is 10.8. The van der Waals surface area contributed by atoms with Crippen molar-refractivity contribution in [2.24, 2.45) is 4.99 Å². The van der Waals surface area contributed by atoms with Crippen molar-refractivity contribution >= 4 is 49.4 Å². The first kappa shape index (κ1) is 21.2. The molecule has 0 aliphatic heterocycles. The van der Waals surface area contributed by atoms with E-state index in [1.54, 1.807) is 18.3 Å². The van der Waals surface area contributed by atoms with Gasteiger partial charge in [-0.05, 0) is 71.2 Å². The Bertz CT molecular complexity index is 1080. The molecule has 0 aliphatic carbocycles. The molecule has 0 saturated heterocycles. The summed E-state index contributed by atoms with van der Waals surface area (Å²) in [5.74, 6) is 0.653. The largest absolute Gasteiger partial charge is 0.487 e. The molecule has 0 bridgehead atoms. The van der Waals surface area contributed by atoms with Crippen molar-refractivity contribution in [3.05, 3.63) is 95.9 Å². The molecular weight excluding hydrogens is 500 g/mol. The fourth-order valence-corrected chi connectivity index (χ4v) is 4.16. The smallest absolute Gasteiger partial charge is 0.269 e. The van der Waals surface area contributed by atoms with Crippen LogP contribution in [0.25, 0.3) is 0 Å². The molecule has 148 valence electrons. The van der Waals surface area contributed by atoms with Crippen LogP contribution in [0.2, 0.25) is 0 Å². The Morgan fingerprint density at radius 3 is 2.45 bits per heavy atom. The number of halogens is 2. The molecular formula is C22H18Br2N2O3. The summed E-state index contributed by atoms with van der Waals surface area (Å²) >= 11 is 7.05. The van der Waals surface area contributed by atoms with Gasteiger partial charge in [-0.25, -0.2) is 0 Å². The number of nitro benzene ring substituents is 1. The van der Waals surface area contributed by atoms with E-state index in [4.69, 9.17) is 4.74 Å². The van der Waals surface area contributed by atoms with Crippen LogP contribution in [-0.4, -0.2) is 11.1 Å². The first-order valence-electron chi connectivity index (χ1n) is 8.80. The van der Waals surface area contributed by atoms with Crippen LogP contribution in [-0.2, 0) is 6.61 Å². The van der Waals surface area contributed by atoms with Crippen molar-refractivity contribution in [2.45, 2.75) is 20.5 Å². The van der Waals surface area contributed by atoms with Gasteiger partial charge in [0.15, 0.2) is 0 Å². The Hall–Kier alpha value is -2.51. The van der Waals surface area contributed by atoms with E-state index in [0.717, 1.165) is 31.3 Å². The number of hydrogen-bond acceptors (Lipinski definition) is 4. The van der Waals surface area contributed by atoms with Crippen LogP contribution in [0.3, 0.4) is 0 Å². The van der Waals surface area contributed by atoms with Gasteiger partial charge in [-0.2, -0.15) is 0 Å². The van der Waals surface area contributed by atoms with Crippen LogP contribution in [0.15, 0.2) is 68.5 Å². The second kappa shape index (κ2) is 9.33. The lowest BCUT2D eigenvalue weighted by molar-refractivity contribution is -0.384. The summed E-state index contributed by atoms with van der Waals surface area (Å²) in [6.45, 7) is 4.36. The van der Waals surface area contributed by atoms with Gasteiger partial charge in [0.25, 0.3) is 5.69 Å². The quantitative estimate of drug-likeness (QED) is 0.199. The lowest BCUT2D eigenvalue weighted by Crippen LogP contribution is -2.00. The van der Waals surface area contributed by atoms with Gasteiger partial charge in [0, 0.05) is 28.4 Å². The summed E-state index contributed by atoms with van der Waals surface area (Å²) in [5, 5.41) is 10.8. The summed E-state index contributed by atoms with van der Waals surface area (Å²) in [6, 6.07) is 16.3. The Balaban J connectivity index is 1.85. The molecule has 0 aliphatic rings. The van der Waals surface area contributed by atoms with Gasteiger partial charge in [0.2, 0.25) is 0 Å². The number of rotatable bonds is 6. The monoisotopic (exact) mass is 516 g/mol. The summed E-state index contributed by atoms with van der Waals surface area (Å²) < 4.78 is 7.70. The molecule has 0 heterocycles. The van der Waals surface area contributed by atoms with Crippen molar-refractivity contribution in [3.8, 4) is 5.75 Å². The number of aryl methyl sites for hydroxylation is 2. The van der Waals surface area contributed by atoms with Crippen molar-refractivity contribution in [1.29, 1.82) is 0 Å². The first-order valence-corrected chi connectivity index (χ1v) is 10.4. The van der Waals surface area contributed by atoms with E-state index in [2.05, 4.69) is 49.8 Å². The molecule has 0 N–H and O–H groups in total. The molecule has 3 aromatic carbocycles. The second-order valence-electron chi connectivity index (χ2n) is 6.57. The van der Waals surface area contributed by atoms with Gasteiger partial charge < -0.3 is 4.74 Å². The molecule has 0 amide bonds. The molecule has 3 rings (SSSR count). The topological polar surface area (TPSA) is 64.7 Å². The Morgan fingerprint density at radius 1 is 1.07 bits per heavy atom. The standard InChI is InChI=1S/C22H18Br2N2O3/c1-14-3-8-21(15(2)9-14)25-12-17-10-18(23)11-20(24)22(17)29-13-16-4-6-19(7-5-16)26(27)28/h3-12H,13H2,1-2H3. The van der Waals surface area contributed by atoms with E-state index in [1.807, 2.05) is 31.2 Å². The van der Waals surface area contributed by atoms with Crippen LogP contribution < -0.4 is 4.74 Å². The van der Waals surface area contributed by atoms with E-state index in [9.17, 15) is 10.1 Å². The third kappa shape index (κ3) is 5.52. The van der Waals surface area contributed by atoms with Crippen LogP contribution in [0.5, 0.6) is 5.75 Å². The minimum Gasteiger partial charge on any atom is -0.487 e. The van der Waals surface area contributed by atoms with E-state index in [1.165, 1.54) is 17.7 Å². The highest BCUT2D eigenvalue weighted by molar-refractivity contribution is 9.11. The number of benzene rings is 3.